The van der Waals surface area contributed by atoms with Crippen molar-refractivity contribution in [2.24, 2.45) is 7.05 Å². The van der Waals surface area contributed by atoms with Crippen molar-refractivity contribution in [2.45, 2.75) is 30.5 Å². The van der Waals surface area contributed by atoms with E-state index in [1.165, 1.54) is 12.1 Å². The number of piperidine rings is 1. The van der Waals surface area contributed by atoms with Gasteiger partial charge in [0.1, 0.15) is 11.6 Å². The largest absolute Gasteiger partial charge is 0.351 e. The maximum absolute atomic E-state index is 12.9. The average Bonchev–Trinajstić information content (AvgIpc) is 3.02. The second-order valence-electron chi connectivity index (χ2n) is 6.56. The number of hydrogen-bond donors (Lipinski definition) is 1. The number of nitrogens with one attached hydrogen (secondary N) is 1. The minimum absolute atomic E-state index is 0.00361. The number of thioether (sulfide) groups is 1. The predicted octanol–water partition coefficient (Wildman–Crippen LogP) is 2.17. The molecule has 1 saturated heterocycles. The predicted molar refractivity (Wildman–Crippen MR) is 99.4 cm³/mol. The minimum atomic E-state index is -0.268. The van der Waals surface area contributed by atoms with E-state index in [2.05, 4.69) is 25.0 Å². The van der Waals surface area contributed by atoms with Crippen molar-refractivity contribution in [3.8, 4) is 0 Å². The molecular weight excluding hydrogens is 353 g/mol. The molecule has 3 rings (SSSR count). The monoisotopic (exact) mass is 377 g/mol. The highest BCUT2D eigenvalue weighted by molar-refractivity contribution is 7.98. The van der Waals surface area contributed by atoms with Gasteiger partial charge < -0.3 is 9.88 Å². The summed E-state index contributed by atoms with van der Waals surface area (Å²) in [6.07, 6.45) is 3.96. The van der Waals surface area contributed by atoms with Crippen molar-refractivity contribution in [3.63, 3.8) is 0 Å². The standard InChI is InChI=1S/C18H24FN5OS/c1-23-17(21-22-18(23)26-2)14-7-9-24(10-8-14)12-16(25)20-11-13-3-5-15(19)6-4-13/h3-6,14H,7-12H2,1-2H3,(H,20,25). The Kier molecular flexibility index (Phi) is 6.26. The highest BCUT2D eigenvalue weighted by Gasteiger charge is 2.25. The first kappa shape index (κ1) is 18.8. The van der Waals surface area contributed by atoms with Gasteiger partial charge in [-0.25, -0.2) is 4.39 Å². The summed E-state index contributed by atoms with van der Waals surface area (Å²) in [4.78, 5) is 14.3. The van der Waals surface area contributed by atoms with Crippen LogP contribution in [0, 0.1) is 5.82 Å². The van der Waals surface area contributed by atoms with Crippen LogP contribution in [0.25, 0.3) is 0 Å². The first-order valence-corrected chi connectivity index (χ1v) is 9.96. The second-order valence-corrected chi connectivity index (χ2v) is 7.33. The third-order valence-electron chi connectivity index (χ3n) is 4.77. The Balaban J connectivity index is 1.44. The Morgan fingerprint density at radius 2 is 1.96 bits per heavy atom. The van der Waals surface area contributed by atoms with E-state index in [0.717, 1.165) is 42.5 Å². The van der Waals surface area contributed by atoms with Gasteiger partial charge in [0.05, 0.1) is 6.54 Å². The molecule has 1 amide bonds. The third-order valence-corrected chi connectivity index (χ3v) is 5.49. The molecule has 0 aliphatic carbocycles. The van der Waals surface area contributed by atoms with Crippen LogP contribution in [0.4, 0.5) is 4.39 Å². The summed E-state index contributed by atoms with van der Waals surface area (Å²) in [6, 6.07) is 6.18. The summed E-state index contributed by atoms with van der Waals surface area (Å²) in [5.74, 6) is 1.16. The molecule has 0 atom stereocenters. The highest BCUT2D eigenvalue weighted by atomic mass is 32.2. The van der Waals surface area contributed by atoms with Crippen molar-refractivity contribution in [1.29, 1.82) is 0 Å². The molecule has 26 heavy (non-hydrogen) atoms. The molecule has 1 aliphatic rings. The second kappa shape index (κ2) is 8.64. The summed E-state index contributed by atoms with van der Waals surface area (Å²) >= 11 is 1.60. The zero-order valence-electron chi connectivity index (χ0n) is 15.1. The summed E-state index contributed by atoms with van der Waals surface area (Å²) in [6.45, 7) is 2.56. The van der Waals surface area contributed by atoms with Gasteiger partial charge in [0, 0.05) is 19.5 Å². The van der Waals surface area contributed by atoms with Crippen LogP contribution in [0.2, 0.25) is 0 Å². The number of halogens is 1. The SMILES string of the molecule is CSc1nnc(C2CCN(CC(=O)NCc3ccc(F)cc3)CC2)n1C. The number of carbonyl (C=O) groups is 1. The Labute approximate surface area is 157 Å². The summed E-state index contributed by atoms with van der Waals surface area (Å²) < 4.78 is 15.0. The maximum atomic E-state index is 12.9. The van der Waals surface area contributed by atoms with E-state index in [9.17, 15) is 9.18 Å². The molecule has 0 unspecified atom stereocenters. The fourth-order valence-electron chi connectivity index (χ4n) is 3.27. The van der Waals surface area contributed by atoms with Gasteiger partial charge in [-0.1, -0.05) is 23.9 Å². The molecule has 0 spiro atoms. The fourth-order valence-corrected chi connectivity index (χ4v) is 3.76. The first-order valence-electron chi connectivity index (χ1n) is 8.73. The molecule has 1 aromatic carbocycles. The van der Waals surface area contributed by atoms with Gasteiger partial charge in [-0.3, -0.25) is 9.69 Å². The summed E-state index contributed by atoms with van der Waals surface area (Å²) in [5.41, 5.74) is 0.894. The Morgan fingerprint density at radius 3 is 2.58 bits per heavy atom. The first-order chi connectivity index (χ1) is 12.6. The van der Waals surface area contributed by atoms with E-state index in [0.29, 0.717) is 19.0 Å². The van der Waals surface area contributed by atoms with E-state index >= 15 is 0 Å². The van der Waals surface area contributed by atoms with Crippen LogP contribution in [0.15, 0.2) is 29.4 Å². The number of likely N-dealkylation sites (tertiary alicyclic amines) is 1. The molecule has 1 fully saturated rings. The Morgan fingerprint density at radius 1 is 1.27 bits per heavy atom. The molecule has 0 bridgehead atoms. The number of benzene rings is 1. The van der Waals surface area contributed by atoms with Gasteiger partial charge in [-0.05, 0) is 49.9 Å². The van der Waals surface area contributed by atoms with Gasteiger partial charge in [0.2, 0.25) is 5.91 Å². The molecule has 1 N–H and O–H groups in total. The number of carbonyl (C=O) groups excluding carboxylic acids is 1. The lowest BCUT2D eigenvalue weighted by atomic mass is 9.96. The van der Waals surface area contributed by atoms with Gasteiger partial charge in [0.15, 0.2) is 5.16 Å². The van der Waals surface area contributed by atoms with Crippen molar-refractivity contribution in [1.82, 2.24) is 25.0 Å². The lowest BCUT2D eigenvalue weighted by Gasteiger charge is -2.30. The van der Waals surface area contributed by atoms with Crippen LogP contribution in [0.1, 0.15) is 30.1 Å². The molecule has 2 aromatic rings. The van der Waals surface area contributed by atoms with Crippen molar-refractivity contribution in [2.75, 3.05) is 25.9 Å². The third kappa shape index (κ3) is 4.62. The highest BCUT2D eigenvalue weighted by Crippen LogP contribution is 2.28. The normalized spacial score (nSPS) is 16.0. The molecule has 8 heteroatoms. The molecule has 2 heterocycles. The number of nitrogens with zero attached hydrogens (tertiary/aromatic N) is 4. The van der Waals surface area contributed by atoms with Crippen LogP contribution in [-0.2, 0) is 18.4 Å². The summed E-state index contributed by atoms with van der Waals surface area (Å²) in [7, 11) is 2.01. The van der Waals surface area contributed by atoms with Crippen molar-refractivity contribution < 1.29 is 9.18 Å². The van der Waals surface area contributed by atoms with E-state index in [1.54, 1.807) is 23.9 Å². The Hall–Kier alpha value is -1.93. The molecule has 0 saturated carbocycles. The Bertz CT molecular complexity index is 741. The van der Waals surface area contributed by atoms with Crippen LogP contribution >= 0.6 is 11.8 Å². The van der Waals surface area contributed by atoms with Crippen LogP contribution in [-0.4, -0.2) is 51.5 Å². The minimum Gasteiger partial charge on any atom is -0.351 e. The molecule has 0 radical (unpaired) electrons. The van der Waals surface area contributed by atoms with Crippen molar-refractivity contribution in [3.05, 3.63) is 41.5 Å². The maximum Gasteiger partial charge on any atom is 0.234 e. The number of amides is 1. The van der Waals surface area contributed by atoms with Gasteiger partial charge in [0.25, 0.3) is 0 Å². The number of hydrogen-bond acceptors (Lipinski definition) is 5. The van der Waals surface area contributed by atoms with Gasteiger partial charge >= 0.3 is 0 Å². The van der Waals surface area contributed by atoms with E-state index in [1.807, 2.05) is 13.3 Å². The quantitative estimate of drug-likeness (QED) is 0.782. The van der Waals surface area contributed by atoms with Crippen molar-refractivity contribution >= 4 is 17.7 Å². The van der Waals surface area contributed by atoms with Gasteiger partial charge in [-0.2, -0.15) is 0 Å². The van der Waals surface area contributed by atoms with Gasteiger partial charge in [-0.15, -0.1) is 10.2 Å². The van der Waals surface area contributed by atoms with E-state index < -0.39 is 0 Å². The fraction of sp³-hybridized carbons (Fsp3) is 0.500. The summed E-state index contributed by atoms with van der Waals surface area (Å²) in [5, 5.41) is 12.4. The molecule has 6 nitrogen and oxygen atoms in total. The van der Waals surface area contributed by atoms with E-state index in [4.69, 9.17) is 0 Å². The number of rotatable bonds is 6. The topological polar surface area (TPSA) is 63.1 Å². The average molecular weight is 377 g/mol. The molecule has 1 aromatic heterocycles. The van der Waals surface area contributed by atoms with Crippen LogP contribution < -0.4 is 5.32 Å². The lowest BCUT2D eigenvalue weighted by Crippen LogP contribution is -2.41. The zero-order chi connectivity index (χ0) is 18.5. The lowest BCUT2D eigenvalue weighted by molar-refractivity contribution is -0.122. The van der Waals surface area contributed by atoms with Crippen LogP contribution in [0.3, 0.4) is 0 Å². The van der Waals surface area contributed by atoms with Crippen LogP contribution in [0.5, 0.6) is 0 Å². The molecule has 140 valence electrons. The zero-order valence-corrected chi connectivity index (χ0v) is 15.9. The smallest absolute Gasteiger partial charge is 0.234 e. The molecule has 1 aliphatic heterocycles. The molecular formula is C18H24FN5OS. The number of aromatic nitrogens is 3. The van der Waals surface area contributed by atoms with E-state index in [-0.39, 0.29) is 11.7 Å².